The highest BCUT2D eigenvalue weighted by Gasteiger charge is 2.20. The molecule has 1 saturated heterocycles. The molecule has 0 unspecified atom stereocenters. The normalized spacial score (nSPS) is 13.2. The van der Waals surface area contributed by atoms with Crippen LogP contribution in [0.3, 0.4) is 0 Å². The summed E-state index contributed by atoms with van der Waals surface area (Å²) in [4.78, 5) is 21.8. The van der Waals surface area contributed by atoms with E-state index in [-0.39, 0.29) is 18.3 Å². The van der Waals surface area contributed by atoms with Crippen LogP contribution in [0.15, 0.2) is 109 Å². The highest BCUT2D eigenvalue weighted by atomic mass is 35.5. The van der Waals surface area contributed by atoms with Gasteiger partial charge in [0.1, 0.15) is 11.5 Å². The van der Waals surface area contributed by atoms with Gasteiger partial charge >= 0.3 is 0 Å². The Morgan fingerprint density at radius 1 is 0.782 bits per heavy atom. The molecule has 4 aromatic carbocycles. The summed E-state index contributed by atoms with van der Waals surface area (Å²) in [6, 6.07) is 32.2. The number of piperazine rings is 1. The van der Waals surface area contributed by atoms with E-state index in [2.05, 4.69) is 72.3 Å². The lowest BCUT2D eigenvalue weighted by molar-refractivity contribution is -0.127. The van der Waals surface area contributed by atoms with E-state index >= 15 is 0 Å². The number of ether oxygens (including phenoxy) is 3. The minimum absolute atomic E-state index is 0. The van der Waals surface area contributed by atoms with E-state index < -0.39 is 0 Å². The molecule has 6 rings (SSSR count). The highest BCUT2D eigenvalue weighted by molar-refractivity contribution is 6.32. The van der Waals surface area contributed by atoms with Crippen molar-refractivity contribution in [3.63, 3.8) is 0 Å². The molecule has 1 aromatic heterocycles. The van der Waals surface area contributed by atoms with Crippen molar-refractivity contribution < 1.29 is 19.0 Å². The van der Waals surface area contributed by atoms with E-state index in [0.29, 0.717) is 59.6 Å². The molecule has 0 spiro atoms. The molecule has 0 atom stereocenters. The molecule has 0 bridgehead atoms. The maximum Gasteiger partial charge on any atom is 0.246 e. The summed E-state index contributed by atoms with van der Waals surface area (Å²) in [7, 11) is 0. The van der Waals surface area contributed by atoms with Crippen molar-refractivity contribution in [2.75, 3.05) is 39.4 Å². The van der Waals surface area contributed by atoms with E-state index in [9.17, 15) is 4.79 Å². The number of halogens is 3. The topological polar surface area (TPSA) is 64.1 Å². The van der Waals surface area contributed by atoms with Crippen molar-refractivity contribution >= 4 is 47.6 Å². The van der Waals surface area contributed by atoms with Gasteiger partial charge in [0.15, 0.2) is 5.75 Å². The molecule has 1 amide bonds. The maximum absolute atomic E-state index is 13.1. The zero-order valence-corrected chi connectivity index (χ0v) is 33.9. The first-order chi connectivity index (χ1) is 26.2. The first kappa shape index (κ1) is 41.6. The van der Waals surface area contributed by atoms with Crippen molar-refractivity contribution in [1.29, 1.82) is 0 Å². The predicted octanol–water partition coefficient (Wildman–Crippen LogP) is 10.6. The second kappa shape index (κ2) is 20.4. The Morgan fingerprint density at radius 3 is 1.98 bits per heavy atom. The quantitative estimate of drug-likeness (QED) is 0.0983. The second-order valence-corrected chi connectivity index (χ2v) is 14.7. The molecular weight excluding hydrogens is 753 g/mol. The average Bonchev–Trinajstić information content (AvgIpc) is 3.18. The fourth-order valence-corrected chi connectivity index (χ4v) is 6.68. The Hall–Kier alpha value is -4.53. The summed E-state index contributed by atoms with van der Waals surface area (Å²) in [5, 5.41) is 1.16. The summed E-state index contributed by atoms with van der Waals surface area (Å²) < 4.78 is 17.8. The minimum Gasteiger partial charge on any atom is -0.493 e. The molecule has 55 heavy (non-hydrogen) atoms. The zero-order valence-electron chi connectivity index (χ0n) is 31.5. The molecular formula is C45H48Cl3N3O4. The van der Waals surface area contributed by atoms with Crippen LogP contribution in [0.4, 0.5) is 0 Å². The summed E-state index contributed by atoms with van der Waals surface area (Å²) >= 11 is 12.6. The first-order valence-electron chi connectivity index (χ1n) is 18.5. The lowest BCUT2D eigenvalue weighted by Gasteiger charge is -2.34. The molecule has 0 saturated carbocycles. The van der Waals surface area contributed by atoms with Crippen molar-refractivity contribution in [2.45, 2.75) is 46.1 Å². The van der Waals surface area contributed by atoms with Gasteiger partial charge in [0, 0.05) is 62.7 Å². The zero-order chi connectivity index (χ0) is 37.9. The lowest BCUT2D eigenvalue weighted by Crippen LogP contribution is -2.47. The Morgan fingerprint density at radius 2 is 1.38 bits per heavy atom. The SMILES string of the molecule is Cc1cc(C=CC(=O)N2CCN(Cc3ccc(CCOc4ccc(C(C)C)cc4)cc3)CC2)cc(Cl)c1Oc1ccc(OCCc2ccc(Cl)cc2)cn1.Cl. The van der Waals surface area contributed by atoms with Gasteiger partial charge in [-0.3, -0.25) is 9.69 Å². The van der Waals surface area contributed by atoms with Crippen molar-refractivity contribution in [1.82, 2.24) is 14.8 Å². The fourth-order valence-electron chi connectivity index (χ4n) is 6.24. The fraction of sp³-hybridized carbons (Fsp3) is 0.289. The number of carbonyl (C=O) groups is 1. The monoisotopic (exact) mass is 799 g/mol. The molecule has 1 aliphatic rings. The molecule has 5 aromatic rings. The summed E-state index contributed by atoms with van der Waals surface area (Å²) in [5.74, 6) is 3.00. The maximum atomic E-state index is 13.1. The van der Waals surface area contributed by atoms with E-state index in [1.165, 1.54) is 16.7 Å². The van der Waals surface area contributed by atoms with Crippen LogP contribution in [-0.4, -0.2) is 60.1 Å². The van der Waals surface area contributed by atoms with E-state index in [1.54, 1.807) is 30.5 Å². The molecule has 0 aliphatic carbocycles. The molecule has 288 valence electrons. The van der Waals surface area contributed by atoms with Crippen LogP contribution in [0, 0.1) is 6.92 Å². The highest BCUT2D eigenvalue weighted by Crippen LogP contribution is 2.34. The number of carbonyl (C=O) groups excluding carboxylic acids is 1. The van der Waals surface area contributed by atoms with Crippen LogP contribution >= 0.6 is 35.6 Å². The number of pyridine rings is 1. The van der Waals surface area contributed by atoms with Crippen LogP contribution < -0.4 is 14.2 Å². The van der Waals surface area contributed by atoms with Gasteiger partial charge in [0.2, 0.25) is 11.8 Å². The van der Waals surface area contributed by atoms with Gasteiger partial charge < -0.3 is 19.1 Å². The molecule has 2 heterocycles. The van der Waals surface area contributed by atoms with E-state index in [4.69, 9.17) is 37.4 Å². The third-order valence-corrected chi connectivity index (χ3v) is 10.0. The number of nitrogens with zero attached hydrogens (tertiary/aromatic N) is 3. The Kier molecular flexibility index (Phi) is 15.4. The number of hydrogen-bond acceptors (Lipinski definition) is 6. The number of benzene rings is 4. The van der Waals surface area contributed by atoms with Crippen molar-refractivity contribution in [3.8, 4) is 23.1 Å². The van der Waals surface area contributed by atoms with Gasteiger partial charge in [-0.2, -0.15) is 0 Å². The smallest absolute Gasteiger partial charge is 0.246 e. The number of rotatable bonds is 15. The standard InChI is InChI=1S/C45H47Cl2N3O4.ClH/c1-32(2)38-11-15-40(16-12-38)52-26-20-34-4-6-36(7-5-34)31-49-22-24-50(25-23-49)44(51)19-10-37-28-33(3)45(42(47)29-37)54-43-18-17-41(30-48-43)53-27-21-35-8-13-39(46)14-9-35;/h4-19,28-30,32H,20-27,31H2,1-3H3;1H. The minimum atomic E-state index is -0.00846. The molecule has 0 radical (unpaired) electrons. The third-order valence-electron chi connectivity index (χ3n) is 9.48. The summed E-state index contributed by atoms with van der Waals surface area (Å²) in [6.07, 6.45) is 6.68. The lowest BCUT2D eigenvalue weighted by atomic mass is 10.0. The van der Waals surface area contributed by atoms with Crippen LogP contribution in [0.5, 0.6) is 23.1 Å². The number of hydrogen-bond donors (Lipinski definition) is 0. The van der Waals surface area contributed by atoms with Crippen molar-refractivity contribution in [3.05, 3.63) is 153 Å². The van der Waals surface area contributed by atoms with Crippen molar-refractivity contribution in [2.24, 2.45) is 0 Å². The molecule has 7 nitrogen and oxygen atoms in total. The average molecular weight is 801 g/mol. The van der Waals surface area contributed by atoms with E-state index in [1.807, 2.05) is 48.2 Å². The summed E-state index contributed by atoms with van der Waals surface area (Å²) in [6.45, 7) is 11.4. The molecule has 10 heteroatoms. The third kappa shape index (κ3) is 12.5. The van der Waals surface area contributed by atoms with Crippen LogP contribution in [-0.2, 0) is 24.2 Å². The second-order valence-electron chi connectivity index (χ2n) is 13.9. The largest absolute Gasteiger partial charge is 0.493 e. The summed E-state index contributed by atoms with van der Waals surface area (Å²) in [5.41, 5.74) is 6.65. The van der Waals surface area contributed by atoms with Crippen LogP contribution in [0.1, 0.15) is 53.1 Å². The van der Waals surface area contributed by atoms with Gasteiger partial charge in [0.25, 0.3) is 0 Å². The van der Waals surface area contributed by atoms with Gasteiger partial charge in [-0.1, -0.05) is 85.6 Å². The van der Waals surface area contributed by atoms with Gasteiger partial charge in [0.05, 0.1) is 24.4 Å². The number of aryl methyl sites for hydroxylation is 1. The van der Waals surface area contributed by atoms with Gasteiger partial charge in [-0.25, -0.2) is 4.98 Å². The van der Waals surface area contributed by atoms with Gasteiger partial charge in [-0.05, 0) is 94.8 Å². The van der Waals surface area contributed by atoms with E-state index in [0.717, 1.165) is 54.9 Å². The molecule has 0 N–H and O–H groups in total. The number of aromatic nitrogens is 1. The Balaban J connectivity index is 0.00000580. The van der Waals surface area contributed by atoms with Gasteiger partial charge in [-0.15, -0.1) is 12.4 Å². The van der Waals surface area contributed by atoms with Crippen LogP contribution in [0.25, 0.3) is 6.08 Å². The van der Waals surface area contributed by atoms with Crippen LogP contribution in [0.2, 0.25) is 10.0 Å². The Bertz CT molecular complexity index is 1970. The Labute approximate surface area is 341 Å². The predicted molar refractivity (Wildman–Crippen MR) is 225 cm³/mol. The molecule has 1 fully saturated rings. The first-order valence-corrected chi connectivity index (χ1v) is 19.3. The number of amides is 1. The molecule has 1 aliphatic heterocycles.